The Kier molecular flexibility index (Phi) is 11.4. The maximum absolute atomic E-state index is 12.7. The van der Waals surface area contributed by atoms with E-state index in [1.54, 1.807) is 29.1 Å². The van der Waals surface area contributed by atoms with E-state index in [2.05, 4.69) is 37.2 Å². The number of carboxylic acid groups (broad SMARTS) is 2. The highest BCUT2D eigenvalue weighted by Crippen LogP contribution is 2.15. The first-order valence-electron chi connectivity index (χ1n) is 11.7. The van der Waals surface area contributed by atoms with E-state index in [-0.39, 0.29) is 6.54 Å². The number of nitrogens with zero attached hydrogens (tertiary/aromatic N) is 4. The van der Waals surface area contributed by atoms with Crippen LogP contribution in [0, 0.1) is 3.57 Å². The average Bonchev–Trinajstić information content (AvgIpc) is 3.29. The third kappa shape index (κ3) is 10.4. The van der Waals surface area contributed by atoms with Crippen LogP contribution in [0.2, 0.25) is 0 Å². The van der Waals surface area contributed by atoms with Crippen LogP contribution < -0.4 is 4.72 Å². The molecule has 1 atom stereocenters. The van der Waals surface area contributed by atoms with Gasteiger partial charge in [-0.25, -0.2) is 9.19 Å². The summed E-state index contributed by atoms with van der Waals surface area (Å²) in [5, 5.41) is 18.1. The molecule has 14 heteroatoms. The van der Waals surface area contributed by atoms with Crippen molar-refractivity contribution in [2.45, 2.75) is 26.1 Å². The maximum atomic E-state index is 12.7. The zero-order valence-electron chi connectivity index (χ0n) is 20.8. The second kappa shape index (κ2) is 14.7. The normalized spacial score (nSPS) is 11.8. The minimum absolute atomic E-state index is 0.242. The average molecular weight is 669 g/mol. The number of hydrogen-bond acceptors (Lipinski definition) is 6. The predicted molar refractivity (Wildman–Crippen MR) is 152 cm³/mol. The maximum Gasteiger partial charge on any atom is 0.323 e. The summed E-state index contributed by atoms with van der Waals surface area (Å²) in [6, 6.07) is 15.3. The fourth-order valence-electron chi connectivity index (χ4n) is 3.83. The lowest BCUT2D eigenvalue weighted by atomic mass is 10.1. The summed E-state index contributed by atoms with van der Waals surface area (Å²) in [5.74, 6) is -2.66. The van der Waals surface area contributed by atoms with Gasteiger partial charge in [-0.05, 0) is 64.4 Å². The molecular formula is C25H28IN5O7S. The number of hydrogen-bond donors (Lipinski definition) is 4. The first-order valence-corrected chi connectivity index (χ1v) is 13.9. The molecule has 1 unspecified atom stereocenters. The highest BCUT2D eigenvalue weighted by molar-refractivity contribution is 14.1. The van der Waals surface area contributed by atoms with Gasteiger partial charge in [0.15, 0.2) is 0 Å². The summed E-state index contributed by atoms with van der Waals surface area (Å²) in [5.41, 5.74) is 2.64. The lowest BCUT2D eigenvalue weighted by molar-refractivity contribution is -0.149. The number of imidazole rings is 1. The zero-order chi connectivity index (χ0) is 28.4. The molecule has 12 nitrogen and oxygen atoms in total. The summed E-state index contributed by atoms with van der Waals surface area (Å²) in [7, 11) is 0. The van der Waals surface area contributed by atoms with E-state index in [9.17, 15) is 18.6 Å². The van der Waals surface area contributed by atoms with Gasteiger partial charge in [0.2, 0.25) is 5.91 Å². The van der Waals surface area contributed by atoms with Crippen LogP contribution in [0.4, 0.5) is 5.69 Å². The summed E-state index contributed by atoms with van der Waals surface area (Å²) in [4.78, 5) is 42.3. The number of carbonyl (C=O) groups excluding carboxylic acids is 1. The summed E-state index contributed by atoms with van der Waals surface area (Å²) in [6.45, 7) is -0.0465. The van der Waals surface area contributed by atoms with Crippen LogP contribution in [-0.4, -0.2) is 75.8 Å². The van der Waals surface area contributed by atoms with Gasteiger partial charge in [-0.1, -0.05) is 24.3 Å². The van der Waals surface area contributed by atoms with Crippen LogP contribution in [0.3, 0.4) is 0 Å². The van der Waals surface area contributed by atoms with Crippen molar-refractivity contribution in [2.75, 3.05) is 24.4 Å². The Balaban J connectivity index is 1.74. The van der Waals surface area contributed by atoms with Crippen molar-refractivity contribution in [2.24, 2.45) is 0 Å². The number of benzene rings is 2. The number of halogens is 1. The highest BCUT2D eigenvalue weighted by atomic mass is 127. The highest BCUT2D eigenvalue weighted by Gasteiger charge is 2.21. The van der Waals surface area contributed by atoms with Gasteiger partial charge in [-0.2, -0.15) is 0 Å². The molecule has 208 valence electrons. The molecule has 1 aromatic heterocycles. The van der Waals surface area contributed by atoms with Gasteiger partial charge in [0.05, 0.1) is 6.54 Å². The number of carbonyl (C=O) groups is 3. The van der Waals surface area contributed by atoms with Gasteiger partial charge in [-0.3, -0.25) is 28.6 Å². The summed E-state index contributed by atoms with van der Waals surface area (Å²) < 4.78 is 25.1. The number of amides is 1. The molecule has 0 saturated carbocycles. The predicted octanol–water partition coefficient (Wildman–Crippen LogP) is 2.28. The molecule has 3 aromatic rings. The third-order valence-electron chi connectivity index (χ3n) is 5.67. The van der Waals surface area contributed by atoms with Crippen molar-refractivity contribution in [3.8, 4) is 0 Å². The largest absolute Gasteiger partial charge is 0.480 e. The minimum Gasteiger partial charge on any atom is -0.480 e. The second-order valence-electron chi connectivity index (χ2n) is 8.64. The van der Waals surface area contributed by atoms with Crippen LogP contribution >= 0.6 is 22.6 Å². The monoisotopic (exact) mass is 669 g/mol. The Morgan fingerprint density at radius 2 is 1.56 bits per heavy atom. The summed E-state index contributed by atoms with van der Waals surface area (Å²) >= 11 is 0.0941. The van der Waals surface area contributed by atoms with Crippen molar-refractivity contribution >= 4 is 57.4 Å². The number of rotatable bonds is 15. The number of carboxylic acids is 2. The van der Waals surface area contributed by atoms with Crippen LogP contribution in [0.25, 0.3) is 0 Å². The fourth-order valence-corrected chi connectivity index (χ4v) is 4.53. The zero-order valence-corrected chi connectivity index (χ0v) is 23.7. The lowest BCUT2D eigenvalue weighted by Crippen LogP contribution is -2.41. The van der Waals surface area contributed by atoms with Gasteiger partial charge >= 0.3 is 11.9 Å². The van der Waals surface area contributed by atoms with Crippen LogP contribution in [0.15, 0.2) is 60.9 Å². The molecule has 0 saturated heterocycles. The molecule has 0 bridgehead atoms. The van der Waals surface area contributed by atoms with Gasteiger partial charge in [0.1, 0.15) is 25.5 Å². The van der Waals surface area contributed by atoms with E-state index in [1.165, 1.54) is 0 Å². The molecule has 3 rings (SSSR count). The van der Waals surface area contributed by atoms with Gasteiger partial charge in [0, 0.05) is 34.7 Å². The van der Waals surface area contributed by atoms with Gasteiger partial charge in [-0.15, -0.1) is 0 Å². The third-order valence-corrected chi connectivity index (χ3v) is 6.80. The van der Waals surface area contributed by atoms with Crippen molar-refractivity contribution < 1.29 is 33.4 Å². The van der Waals surface area contributed by atoms with Crippen LogP contribution in [0.5, 0.6) is 0 Å². The van der Waals surface area contributed by atoms with E-state index in [0.717, 1.165) is 19.6 Å². The molecule has 0 spiro atoms. The van der Waals surface area contributed by atoms with Crippen molar-refractivity contribution in [3.05, 3.63) is 81.4 Å². The lowest BCUT2D eigenvalue weighted by Gasteiger charge is -2.24. The Morgan fingerprint density at radius 1 is 0.949 bits per heavy atom. The summed E-state index contributed by atoms with van der Waals surface area (Å²) in [6.07, 6.45) is 3.82. The SMILES string of the molecule is O=C(O)CN(CC(=O)O)C(=O)Cn1ccnc1CN(CCc1ccc(NS(=O)O)cc1)Cc1ccc(I)cc1. The van der Waals surface area contributed by atoms with Gasteiger partial charge < -0.3 is 19.7 Å². The van der Waals surface area contributed by atoms with Crippen LogP contribution in [0.1, 0.15) is 17.0 Å². The van der Waals surface area contributed by atoms with E-state index in [4.69, 9.17) is 14.8 Å². The molecule has 0 aliphatic carbocycles. The topological polar surface area (TPSA) is 165 Å². The Labute approximate surface area is 241 Å². The quantitative estimate of drug-likeness (QED) is 0.140. The van der Waals surface area contributed by atoms with Crippen molar-refractivity contribution in [3.63, 3.8) is 0 Å². The molecule has 39 heavy (non-hydrogen) atoms. The van der Waals surface area contributed by atoms with E-state index in [1.807, 2.05) is 36.4 Å². The molecule has 0 aliphatic rings. The first kappa shape index (κ1) is 30.2. The second-order valence-corrected chi connectivity index (χ2v) is 10.6. The van der Waals surface area contributed by atoms with E-state index < -0.39 is 42.2 Å². The fraction of sp³-hybridized carbons (Fsp3) is 0.280. The molecule has 4 N–H and O–H groups in total. The van der Waals surface area contributed by atoms with E-state index in [0.29, 0.717) is 37.6 Å². The Bertz CT molecular complexity index is 1280. The molecule has 0 fully saturated rings. The molecule has 1 heterocycles. The Hall–Kier alpha value is -3.34. The molecular weight excluding hydrogens is 641 g/mol. The molecule has 0 aliphatic heterocycles. The van der Waals surface area contributed by atoms with Gasteiger partial charge in [0.25, 0.3) is 11.3 Å². The number of aromatic nitrogens is 2. The number of aliphatic carboxylic acids is 2. The molecule has 2 aromatic carbocycles. The smallest absolute Gasteiger partial charge is 0.323 e. The number of anilines is 1. The standard InChI is InChI=1S/C25H28IN5O7S/c26-20-5-1-19(2-6-20)13-29(11-9-18-3-7-21(8-4-18)28-39(37)38)14-22-27-10-12-30(22)15-23(32)31(16-24(33)34)17-25(35)36/h1-8,10,12,28H,9,11,13-17H2,(H,33,34)(H,35,36)(H,37,38). The molecule has 0 radical (unpaired) electrons. The first-order chi connectivity index (χ1) is 18.6. The van der Waals surface area contributed by atoms with Crippen molar-refractivity contribution in [1.29, 1.82) is 0 Å². The molecule has 1 amide bonds. The minimum atomic E-state index is -2.15. The number of nitrogens with one attached hydrogen (secondary N) is 1. The van der Waals surface area contributed by atoms with E-state index >= 15 is 0 Å². The van der Waals surface area contributed by atoms with Crippen LogP contribution in [-0.2, 0) is 51.7 Å². The van der Waals surface area contributed by atoms with Crippen molar-refractivity contribution in [1.82, 2.24) is 19.4 Å². The Morgan fingerprint density at radius 3 is 2.15 bits per heavy atom.